The molecular formula is C16H15ClN2O4. The molecule has 1 amide bonds. The molecule has 1 N–H and O–H groups in total. The summed E-state index contributed by atoms with van der Waals surface area (Å²) in [5.41, 5.74) is 1.46. The number of amides is 1. The van der Waals surface area contributed by atoms with Crippen molar-refractivity contribution in [1.82, 2.24) is 0 Å². The van der Waals surface area contributed by atoms with Crippen LogP contribution in [0.5, 0.6) is 5.75 Å². The van der Waals surface area contributed by atoms with E-state index in [4.69, 9.17) is 16.3 Å². The Hall–Kier alpha value is -2.60. The van der Waals surface area contributed by atoms with Crippen LogP contribution in [0.15, 0.2) is 42.5 Å². The fourth-order valence-electron chi connectivity index (χ4n) is 1.88. The van der Waals surface area contributed by atoms with Crippen molar-refractivity contribution >= 4 is 28.9 Å². The van der Waals surface area contributed by atoms with Crippen molar-refractivity contribution in [2.75, 3.05) is 11.9 Å². The number of non-ortho nitro benzene ring substituents is 1. The summed E-state index contributed by atoms with van der Waals surface area (Å²) in [6.45, 7) is 1.99. The van der Waals surface area contributed by atoms with Gasteiger partial charge in [-0.15, -0.1) is 0 Å². The van der Waals surface area contributed by atoms with Gasteiger partial charge in [-0.3, -0.25) is 14.9 Å². The Balaban J connectivity index is 1.83. The van der Waals surface area contributed by atoms with Gasteiger partial charge in [0.1, 0.15) is 5.75 Å². The van der Waals surface area contributed by atoms with Gasteiger partial charge in [0, 0.05) is 22.8 Å². The van der Waals surface area contributed by atoms with Crippen molar-refractivity contribution in [3.63, 3.8) is 0 Å². The monoisotopic (exact) mass is 334 g/mol. The van der Waals surface area contributed by atoms with Gasteiger partial charge in [-0.05, 0) is 36.8 Å². The lowest BCUT2D eigenvalue weighted by atomic mass is 10.2. The summed E-state index contributed by atoms with van der Waals surface area (Å²) >= 11 is 5.99. The van der Waals surface area contributed by atoms with Crippen LogP contribution in [0.2, 0.25) is 5.02 Å². The molecule has 0 spiro atoms. The van der Waals surface area contributed by atoms with E-state index in [0.29, 0.717) is 16.5 Å². The largest absolute Gasteiger partial charge is 0.493 e. The number of hydrogen-bond acceptors (Lipinski definition) is 4. The van der Waals surface area contributed by atoms with E-state index in [1.807, 2.05) is 6.92 Å². The highest BCUT2D eigenvalue weighted by atomic mass is 35.5. The minimum atomic E-state index is -0.482. The molecule has 0 saturated heterocycles. The average Bonchev–Trinajstić information content (AvgIpc) is 2.52. The first-order chi connectivity index (χ1) is 11.0. The predicted octanol–water partition coefficient (Wildman–Crippen LogP) is 3.96. The number of nitro groups is 1. The number of nitrogens with one attached hydrogen (secondary N) is 1. The van der Waals surface area contributed by atoms with Crippen LogP contribution >= 0.6 is 11.6 Å². The molecule has 120 valence electrons. The molecule has 0 aromatic heterocycles. The fourth-order valence-corrected chi connectivity index (χ4v) is 2.06. The lowest BCUT2D eigenvalue weighted by molar-refractivity contribution is -0.384. The van der Waals surface area contributed by atoms with Gasteiger partial charge >= 0.3 is 0 Å². The Bertz CT molecular complexity index is 717. The van der Waals surface area contributed by atoms with E-state index in [1.165, 1.54) is 24.3 Å². The van der Waals surface area contributed by atoms with E-state index in [-0.39, 0.29) is 24.6 Å². The molecule has 0 fully saturated rings. The van der Waals surface area contributed by atoms with E-state index in [2.05, 4.69) is 5.32 Å². The average molecular weight is 335 g/mol. The van der Waals surface area contributed by atoms with Gasteiger partial charge in [0.15, 0.2) is 0 Å². The Labute approximate surface area is 138 Å². The predicted molar refractivity (Wildman–Crippen MR) is 88.0 cm³/mol. The van der Waals surface area contributed by atoms with Gasteiger partial charge in [-0.25, -0.2) is 0 Å². The maximum absolute atomic E-state index is 11.9. The number of ether oxygens (including phenoxy) is 1. The van der Waals surface area contributed by atoms with E-state index >= 15 is 0 Å². The van der Waals surface area contributed by atoms with Crippen LogP contribution in [0, 0.1) is 17.0 Å². The number of anilines is 1. The van der Waals surface area contributed by atoms with Gasteiger partial charge in [0.2, 0.25) is 5.91 Å². The molecule has 0 aliphatic heterocycles. The topological polar surface area (TPSA) is 81.5 Å². The highest BCUT2D eigenvalue weighted by Gasteiger charge is 2.08. The van der Waals surface area contributed by atoms with Crippen molar-refractivity contribution in [2.24, 2.45) is 0 Å². The van der Waals surface area contributed by atoms with Crippen LogP contribution in [0.4, 0.5) is 11.4 Å². The van der Waals surface area contributed by atoms with Crippen LogP contribution in [0.25, 0.3) is 0 Å². The third-order valence-electron chi connectivity index (χ3n) is 3.19. The first kappa shape index (κ1) is 16.8. The SMILES string of the molecule is Cc1c(Cl)cccc1NC(=O)CCOc1ccc([N+](=O)[O-])cc1. The minimum absolute atomic E-state index is 0.00785. The summed E-state index contributed by atoms with van der Waals surface area (Å²) in [4.78, 5) is 21.9. The second-order valence-corrected chi connectivity index (χ2v) is 5.22. The standard InChI is InChI=1S/C16H15ClN2O4/c1-11-14(17)3-2-4-15(11)18-16(20)9-10-23-13-7-5-12(6-8-13)19(21)22/h2-8H,9-10H2,1H3,(H,18,20). The van der Waals surface area contributed by atoms with Crippen LogP contribution in [-0.2, 0) is 4.79 Å². The lowest BCUT2D eigenvalue weighted by Gasteiger charge is -2.10. The molecule has 2 aromatic carbocycles. The maximum Gasteiger partial charge on any atom is 0.269 e. The van der Waals surface area contributed by atoms with Crippen molar-refractivity contribution in [3.8, 4) is 5.75 Å². The van der Waals surface area contributed by atoms with Gasteiger partial charge in [-0.2, -0.15) is 0 Å². The molecular weight excluding hydrogens is 320 g/mol. The molecule has 6 nitrogen and oxygen atoms in total. The molecule has 2 aromatic rings. The number of rotatable bonds is 6. The Morgan fingerprint density at radius 3 is 2.61 bits per heavy atom. The van der Waals surface area contributed by atoms with E-state index in [9.17, 15) is 14.9 Å². The summed E-state index contributed by atoms with van der Waals surface area (Å²) in [6.07, 6.45) is 0.156. The number of carbonyl (C=O) groups is 1. The molecule has 0 aliphatic rings. The second kappa shape index (κ2) is 7.60. The molecule has 2 rings (SSSR count). The van der Waals surface area contributed by atoms with Crippen molar-refractivity contribution < 1.29 is 14.5 Å². The van der Waals surface area contributed by atoms with Crippen molar-refractivity contribution in [2.45, 2.75) is 13.3 Å². The highest BCUT2D eigenvalue weighted by Crippen LogP contribution is 2.23. The highest BCUT2D eigenvalue weighted by molar-refractivity contribution is 6.31. The zero-order valence-corrected chi connectivity index (χ0v) is 13.2. The molecule has 0 atom stereocenters. The summed E-state index contributed by atoms with van der Waals surface area (Å²) < 4.78 is 5.39. The summed E-state index contributed by atoms with van der Waals surface area (Å²) in [6, 6.07) is 11.0. The number of carbonyl (C=O) groups excluding carboxylic acids is 1. The van der Waals surface area contributed by atoms with E-state index < -0.39 is 4.92 Å². The second-order valence-electron chi connectivity index (χ2n) is 4.81. The number of nitrogens with zero attached hydrogens (tertiary/aromatic N) is 1. The molecule has 0 radical (unpaired) electrons. The third kappa shape index (κ3) is 4.69. The summed E-state index contributed by atoms with van der Waals surface area (Å²) in [7, 11) is 0. The summed E-state index contributed by atoms with van der Waals surface area (Å²) in [5.74, 6) is 0.277. The molecule has 23 heavy (non-hydrogen) atoms. The van der Waals surface area contributed by atoms with Crippen LogP contribution < -0.4 is 10.1 Å². The Morgan fingerprint density at radius 1 is 1.26 bits per heavy atom. The maximum atomic E-state index is 11.9. The third-order valence-corrected chi connectivity index (χ3v) is 3.60. The van der Waals surface area contributed by atoms with Crippen LogP contribution in [-0.4, -0.2) is 17.4 Å². The molecule has 0 heterocycles. The number of benzene rings is 2. The lowest BCUT2D eigenvalue weighted by Crippen LogP contribution is -2.15. The summed E-state index contributed by atoms with van der Waals surface area (Å²) in [5, 5.41) is 13.9. The minimum Gasteiger partial charge on any atom is -0.493 e. The quantitative estimate of drug-likeness (QED) is 0.640. The van der Waals surface area contributed by atoms with Crippen LogP contribution in [0.3, 0.4) is 0 Å². The van der Waals surface area contributed by atoms with E-state index in [0.717, 1.165) is 5.56 Å². The van der Waals surface area contributed by atoms with Gasteiger partial charge < -0.3 is 10.1 Å². The van der Waals surface area contributed by atoms with Crippen molar-refractivity contribution in [3.05, 3.63) is 63.2 Å². The first-order valence-corrected chi connectivity index (χ1v) is 7.27. The normalized spacial score (nSPS) is 10.2. The van der Waals surface area contributed by atoms with Crippen LogP contribution in [0.1, 0.15) is 12.0 Å². The smallest absolute Gasteiger partial charge is 0.269 e. The number of hydrogen-bond donors (Lipinski definition) is 1. The molecule has 0 unspecified atom stereocenters. The van der Waals surface area contributed by atoms with Crippen molar-refractivity contribution in [1.29, 1.82) is 0 Å². The number of nitro benzene ring substituents is 1. The number of halogens is 1. The zero-order chi connectivity index (χ0) is 16.8. The Morgan fingerprint density at radius 2 is 1.96 bits per heavy atom. The molecule has 0 aliphatic carbocycles. The first-order valence-electron chi connectivity index (χ1n) is 6.89. The van der Waals surface area contributed by atoms with Gasteiger partial charge in [-0.1, -0.05) is 17.7 Å². The van der Waals surface area contributed by atoms with Gasteiger partial charge in [0.05, 0.1) is 18.0 Å². The Kier molecular flexibility index (Phi) is 5.54. The van der Waals surface area contributed by atoms with Gasteiger partial charge in [0.25, 0.3) is 5.69 Å². The fraction of sp³-hybridized carbons (Fsp3) is 0.188. The molecule has 7 heteroatoms. The molecule has 0 saturated carbocycles. The van der Waals surface area contributed by atoms with E-state index in [1.54, 1.807) is 18.2 Å². The molecule has 0 bridgehead atoms. The zero-order valence-electron chi connectivity index (χ0n) is 12.4.